The molecule has 0 saturated heterocycles. The fourth-order valence-corrected chi connectivity index (χ4v) is 1.84. The first-order chi connectivity index (χ1) is 9.47. The minimum absolute atomic E-state index is 0.240. The van der Waals surface area contributed by atoms with Gasteiger partial charge in [-0.3, -0.25) is 0 Å². The van der Waals surface area contributed by atoms with E-state index in [1.165, 1.54) is 0 Å². The number of nitrogens with one attached hydrogen (secondary N) is 2. The van der Waals surface area contributed by atoms with Crippen LogP contribution in [0.4, 0.5) is 11.6 Å². The number of anilines is 2. The smallest absolute Gasteiger partial charge is 0.135 e. The molecule has 1 unspecified atom stereocenters. The van der Waals surface area contributed by atoms with E-state index in [1.54, 1.807) is 7.11 Å². The van der Waals surface area contributed by atoms with Crippen molar-refractivity contribution in [2.24, 2.45) is 5.92 Å². The lowest BCUT2D eigenvalue weighted by Crippen LogP contribution is -2.31. The van der Waals surface area contributed by atoms with Crippen molar-refractivity contribution in [1.82, 2.24) is 9.97 Å². The van der Waals surface area contributed by atoms with Crippen molar-refractivity contribution in [3.05, 3.63) is 11.9 Å². The molecule has 0 spiro atoms. The van der Waals surface area contributed by atoms with E-state index >= 15 is 0 Å². The van der Waals surface area contributed by atoms with Crippen molar-refractivity contribution in [1.29, 1.82) is 0 Å². The van der Waals surface area contributed by atoms with Crippen LogP contribution in [0.15, 0.2) is 6.07 Å². The largest absolute Gasteiger partial charge is 0.383 e. The Morgan fingerprint density at radius 2 is 1.80 bits per heavy atom. The first-order valence-electron chi connectivity index (χ1n) is 7.36. The summed E-state index contributed by atoms with van der Waals surface area (Å²) < 4.78 is 5.27. The molecule has 1 atom stereocenters. The van der Waals surface area contributed by atoms with E-state index in [1.807, 2.05) is 6.07 Å². The summed E-state index contributed by atoms with van der Waals surface area (Å²) in [7, 11) is 1.72. The Hall–Kier alpha value is -1.36. The normalized spacial score (nSPS) is 12.8. The van der Waals surface area contributed by atoms with Gasteiger partial charge in [0, 0.05) is 25.6 Å². The summed E-state index contributed by atoms with van der Waals surface area (Å²) in [6.07, 6.45) is 0. The lowest BCUT2D eigenvalue weighted by Gasteiger charge is -2.23. The summed E-state index contributed by atoms with van der Waals surface area (Å²) in [6.45, 7) is 12.1. The second kappa shape index (κ2) is 8.04. The van der Waals surface area contributed by atoms with Gasteiger partial charge in [-0.2, -0.15) is 0 Å². The predicted octanol–water partition coefficient (Wildman–Crippen LogP) is 3.11. The minimum Gasteiger partial charge on any atom is -0.383 e. The van der Waals surface area contributed by atoms with Gasteiger partial charge in [0.15, 0.2) is 0 Å². The van der Waals surface area contributed by atoms with Crippen LogP contribution < -0.4 is 10.6 Å². The van der Waals surface area contributed by atoms with E-state index in [0.717, 1.165) is 24.0 Å². The molecule has 0 fully saturated rings. The molecule has 5 nitrogen and oxygen atoms in total. The van der Waals surface area contributed by atoms with Gasteiger partial charge in [0.05, 0.1) is 12.6 Å². The molecule has 0 bridgehead atoms. The molecule has 1 heterocycles. The molecule has 0 aliphatic heterocycles. The highest BCUT2D eigenvalue weighted by Gasteiger charge is 2.15. The standard InChI is InChI=1S/C15H28N4O/c1-7-16-13-8-14(19-15(18-13)11(4)5)17-12(9-20-6)10(2)3/h8,10-12H,7,9H2,1-6H3,(H2,16,17,18,19). The van der Waals surface area contributed by atoms with Crippen LogP contribution in [-0.4, -0.2) is 36.3 Å². The summed E-state index contributed by atoms with van der Waals surface area (Å²) in [5, 5.41) is 6.71. The van der Waals surface area contributed by atoms with Crippen molar-refractivity contribution in [2.75, 3.05) is 30.9 Å². The van der Waals surface area contributed by atoms with Gasteiger partial charge in [0.1, 0.15) is 17.5 Å². The molecule has 0 amide bonds. The second-order valence-electron chi connectivity index (χ2n) is 5.63. The number of hydrogen-bond acceptors (Lipinski definition) is 5. The molecule has 2 N–H and O–H groups in total. The van der Waals surface area contributed by atoms with Crippen molar-refractivity contribution in [3.8, 4) is 0 Å². The van der Waals surface area contributed by atoms with E-state index in [2.05, 4.69) is 55.2 Å². The van der Waals surface area contributed by atoms with Crippen molar-refractivity contribution >= 4 is 11.6 Å². The van der Waals surface area contributed by atoms with Crippen LogP contribution in [0.2, 0.25) is 0 Å². The van der Waals surface area contributed by atoms with Gasteiger partial charge in [0.25, 0.3) is 0 Å². The number of aromatic nitrogens is 2. The Kier molecular flexibility index (Phi) is 6.71. The molecule has 0 saturated carbocycles. The maximum absolute atomic E-state index is 5.27. The number of methoxy groups -OCH3 is 1. The molecule has 0 aromatic carbocycles. The minimum atomic E-state index is 0.240. The molecule has 0 radical (unpaired) electrons. The fourth-order valence-electron chi connectivity index (χ4n) is 1.84. The average Bonchev–Trinajstić information content (AvgIpc) is 2.38. The molecule has 0 aliphatic carbocycles. The molecule has 114 valence electrons. The second-order valence-corrected chi connectivity index (χ2v) is 5.63. The van der Waals surface area contributed by atoms with Crippen LogP contribution in [0.25, 0.3) is 0 Å². The number of nitrogens with zero attached hydrogens (tertiary/aromatic N) is 2. The van der Waals surface area contributed by atoms with Crippen LogP contribution in [0.1, 0.15) is 46.4 Å². The first kappa shape index (κ1) is 16.7. The van der Waals surface area contributed by atoms with Gasteiger partial charge in [-0.25, -0.2) is 9.97 Å². The van der Waals surface area contributed by atoms with Gasteiger partial charge in [-0.05, 0) is 12.8 Å². The van der Waals surface area contributed by atoms with E-state index in [0.29, 0.717) is 18.4 Å². The van der Waals surface area contributed by atoms with E-state index in [9.17, 15) is 0 Å². The van der Waals surface area contributed by atoms with Gasteiger partial charge < -0.3 is 15.4 Å². The maximum atomic E-state index is 5.27. The van der Waals surface area contributed by atoms with Crippen LogP contribution in [0.5, 0.6) is 0 Å². The summed E-state index contributed by atoms with van der Waals surface area (Å²) in [6, 6.07) is 2.20. The molecule has 5 heteroatoms. The highest BCUT2D eigenvalue weighted by atomic mass is 16.5. The van der Waals surface area contributed by atoms with E-state index in [-0.39, 0.29) is 6.04 Å². The monoisotopic (exact) mass is 280 g/mol. The highest BCUT2D eigenvalue weighted by molar-refractivity contribution is 5.48. The third kappa shape index (κ3) is 4.96. The molecule has 1 aromatic heterocycles. The summed E-state index contributed by atoms with van der Waals surface area (Å²) in [4.78, 5) is 9.13. The lowest BCUT2D eigenvalue weighted by atomic mass is 10.1. The lowest BCUT2D eigenvalue weighted by molar-refractivity contribution is 0.171. The van der Waals surface area contributed by atoms with Gasteiger partial charge in [0.2, 0.25) is 0 Å². The highest BCUT2D eigenvalue weighted by Crippen LogP contribution is 2.19. The Balaban J connectivity index is 2.96. The van der Waals surface area contributed by atoms with Crippen LogP contribution in [0, 0.1) is 5.92 Å². The molecule has 0 aliphatic rings. The van der Waals surface area contributed by atoms with Crippen LogP contribution in [0.3, 0.4) is 0 Å². The maximum Gasteiger partial charge on any atom is 0.135 e. The fraction of sp³-hybridized carbons (Fsp3) is 0.733. The number of rotatable bonds is 8. The third-order valence-corrected chi connectivity index (χ3v) is 3.10. The van der Waals surface area contributed by atoms with Gasteiger partial charge >= 0.3 is 0 Å². The summed E-state index contributed by atoms with van der Waals surface area (Å²) in [5.74, 6) is 3.35. The van der Waals surface area contributed by atoms with E-state index < -0.39 is 0 Å². The van der Waals surface area contributed by atoms with Crippen molar-refractivity contribution in [2.45, 2.75) is 46.6 Å². The topological polar surface area (TPSA) is 59.1 Å². The van der Waals surface area contributed by atoms with Crippen molar-refractivity contribution < 1.29 is 4.74 Å². The van der Waals surface area contributed by atoms with Crippen LogP contribution in [-0.2, 0) is 4.74 Å². The van der Waals surface area contributed by atoms with Crippen molar-refractivity contribution in [3.63, 3.8) is 0 Å². The SMILES string of the molecule is CCNc1cc(NC(COC)C(C)C)nc(C(C)C)n1. The predicted molar refractivity (Wildman–Crippen MR) is 84.4 cm³/mol. The average molecular weight is 280 g/mol. The summed E-state index contributed by atoms with van der Waals surface area (Å²) >= 11 is 0. The summed E-state index contributed by atoms with van der Waals surface area (Å²) in [5.41, 5.74) is 0. The van der Waals surface area contributed by atoms with Gasteiger partial charge in [-0.1, -0.05) is 27.7 Å². The third-order valence-electron chi connectivity index (χ3n) is 3.10. The van der Waals surface area contributed by atoms with E-state index in [4.69, 9.17) is 4.74 Å². The molecule has 20 heavy (non-hydrogen) atoms. The molecule has 1 aromatic rings. The molecular weight excluding hydrogens is 252 g/mol. The molecular formula is C15H28N4O. The zero-order valence-electron chi connectivity index (χ0n) is 13.5. The Morgan fingerprint density at radius 3 is 2.30 bits per heavy atom. The van der Waals surface area contributed by atoms with Crippen LogP contribution >= 0.6 is 0 Å². The Morgan fingerprint density at radius 1 is 1.15 bits per heavy atom. The van der Waals surface area contributed by atoms with Gasteiger partial charge in [-0.15, -0.1) is 0 Å². The zero-order valence-corrected chi connectivity index (χ0v) is 13.5. The quantitative estimate of drug-likeness (QED) is 0.766. The number of hydrogen-bond donors (Lipinski definition) is 2. The Bertz CT molecular complexity index is 407. The zero-order chi connectivity index (χ0) is 15.1. The Labute approximate surface area is 122 Å². The number of ether oxygens (including phenoxy) is 1. The first-order valence-corrected chi connectivity index (χ1v) is 7.36. The molecule has 1 rings (SSSR count).